The van der Waals surface area contributed by atoms with E-state index in [0.717, 1.165) is 0 Å². The van der Waals surface area contributed by atoms with Gasteiger partial charge in [0.25, 0.3) is 0 Å². The molecular formula is C20H17NO7. The van der Waals surface area contributed by atoms with E-state index in [1.807, 2.05) is 0 Å². The summed E-state index contributed by atoms with van der Waals surface area (Å²) in [6, 6.07) is 8.61. The second-order valence-electron chi connectivity index (χ2n) is 5.89. The standard InChI is InChI=1S/C20H17NO7/c1-23-13-7-12(8-14(9-13)24-2)19-21-15(20(22)28-19)4-11-5-16(25-3)18-17(6-11)26-10-27-18/h4-9H,10H2,1-3H3/b15-4-. The van der Waals surface area contributed by atoms with Gasteiger partial charge in [-0.2, -0.15) is 0 Å². The number of methoxy groups -OCH3 is 3. The van der Waals surface area contributed by atoms with Gasteiger partial charge in [0.15, 0.2) is 17.2 Å². The van der Waals surface area contributed by atoms with Gasteiger partial charge in [-0.3, -0.25) is 0 Å². The first-order valence-electron chi connectivity index (χ1n) is 8.35. The smallest absolute Gasteiger partial charge is 0.363 e. The highest BCUT2D eigenvalue weighted by Crippen LogP contribution is 2.42. The summed E-state index contributed by atoms with van der Waals surface area (Å²) in [7, 11) is 4.61. The van der Waals surface area contributed by atoms with Crippen LogP contribution in [0.25, 0.3) is 6.08 Å². The van der Waals surface area contributed by atoms with Crippen molar-refractivity contribution in [2.24, 2.45) is 4.99 Å². The molecule has 2 aromatic rings. The van der Waals surface area contributed by atoms with E-state index in [1.54, 1.807) is 50.6 Å². The van der Waals surface area contributed by atoms with Crippen molar-refractivity contribution >= 4 is 17.9 Å². The number of carbonyl (C=O) groups excluding carboxylic acids is 1. The van der Waals surface area contributed by atoms with Crippen molar-refractivity contribution in [2.45, 2.75) is 0 Å². The Morgan fingerprint density at radius 1 is 0.964 bits per heavy atom. The zero-order valence-electron chi connectivity index (χ0n) is 15.5. The average Bonchev–Trinajstić information content (AvgIpc) is 3.33. The molecular weight excluding hydrogens is 366 g/mol. The third kappa shape index (κ3) is 3.20. The molecule has 144 valence electrons. The molecule has 0 saturated carbocycles. The summed E-state index contributed by atoms with van der Waals surface area (Å²) < 4.78 is 31.9. The first-order chi connectivity index (χ1) is 13.6. The lowest BCUT2D eigenvalue weighted by atomic mass is 10.1. The summed E-state index contributed by atoms with van der Waals surface area (Å²) in [6.07, 6.45) is 1.59. The lowest BCUT2D eigenvalue weighted by Crippen LogP contribution is -2.06. The third-order valence-electron chi connectivity index (χ3n) is 4.20. The van der Waals surface area contributed by atoms with E-state index < -0.39 is 5.97 Å². The highest BCUT2D eigenvalue weighted by atomic mass is 16.7. The number of rotatable bonds is 5. The van der Waals surface area contributed by atoms with Crippen molar-refractivity contribution in [3.8, 4) is 28.7 Å². The number of hydrogen-bond acceptors (Lipinski definition) is 8. The van der Waals surface area contributed by atoms with Crippen molar-refractivity contribution in [3.63, 3.8) is 0 Å². The summed E-state index contributed by atoms with van der Waals surface area (Å²) in [5, 5.41) is 0. The first-order valence-corrected chi connectivity index (χ1v) is 8.35. The minimum atomic E-state index is -0.562. The van der Waals surface area contributed by atoms with Gasteiger partial charge < -0.3 is 28.4 Å². The zero-order valence-corrected chi connectivity index (χ0v) is 15.5. The van der Waals surface area contributed by atoms with Crippen LogP contribution in [0, 0.1) is 0 Å². The monoisotopic (exact) mass is 383 g/mol. The van der Waals surface area contributed by atoms with E-state index in [2.05, 4.69) is 4.99 Å². The molecule has 2 aliphatic heterocycles. The largest absolute Gasteiger partial charge is 0.497 e. The Hall–Kier alpha value is -3.68. The number of hydrogen-bond donors (Lipinski definition) is 0. The van der Waals surface area contributed by atoms with Gasteiger partial charge in [0.05, 0.1) is 21.3 Å². The van der Waals surface area contributed by atoms with E-state index in [1.165, 1.54) is 7.11 Å². The third-order valence-corrected chi connectivity index (χ3v) is 4.20. The lowest BCUT2D eigenvalue weighted by molar-refractivity contribution is -0.129. The number of cyclic esters (lactones) is 1. The van der Waals surface area contributed by atoms with Gasteiger partial charge in [-0.25, -0.2) is 9.79 Å². The van der Waals surface area contributed by atoms with Gasteiger partial charge in [0.1, 0.15) is 11.5 Å². The first kappa shape index (κ1) is 17.7. The normalized spacial score (nSPS) is 16.0. The van der Waals surface area contributed by atoms with Crippen LogP contribution in [0.4, 0.5) is 0 Å². The molecule has 8 nitrogen and oxygen atoms in total. The molecule has 0 saturated heterocycles. The molecule has 0 atom stereocenters. The van der Waals surface area contributed by atoms with E-state index in [4.69, 9.17) is 28.4 Å². The Morgan fingerprint density at radius 3 is 2.39 bits per heavy atom. The van der Waals surface area contributed by atoms with Gasteiger partial charge >= 0.3 is 5.97 Å². The Balaban J connectivity index is 1.70. The summed E-state index contributed by atoms with van der Waals surface area (Å²) in [5.41, 5.74) is 1.38. The number of esters is 1. The van der Waals surface area contributed by atoms with Gasteiger partial charge in [-0.1, -0.05) is 0 Å². The highest BCUT2D eigenvalue weighted by Gasteiger charge is 2.26. The van der Waals surface area contributed by atoms with Crippen molar-refractivity contribution < 1.29 is 33.2 Å². The maximum atomic E-state index is 12.3. The molecule has 2 aromatic carbocycles. The highest BCUT2D eigenvalue weighted by molar-refractivity contribution is 6.13. The van der Waals surface area contributed by atoms with Crippen molar-refractivity contribution in [1.82, 2.24) is 0 Å². The van der Waals surface area contributed by atoms with E-state index >= 15 is 0 Å². The Labute approximate surface area is 160 Å². The van der Waals surface area contributed by atoms with Crippen LogP contribution in [-0.4, -0.2) is 40.0 Å². The molecule has 0 aliphatic carbocycles. The van der Waals surface area contributed by atoms with E-state index in [-0.39, 0.29) is 18.4 Å². The molecule has 4 rings (SSSR count). The van der Waals surface area contributed by atoms with Gasteiger partial charge in [-0.15, -0.1) is 0 Å². The summed E-state index contributed by atoms with van der Waals surface area (Å²) in [5.74, 6) is 2.31. The molecule has 8 heteroatoms. The van der Waals surface area contributed by atoms with Crippen LogP contribution >= 0.6 is 0 Å². The van der Waals surface area contributed by atoms with E-state index in [0.29, 0.717) is 39.9 Å². The van der Waals surface area contributed by atoms with Crippen LogP contribution < -0.4 is 23.7 Å². The zero-order chi connectivity index (χ0) is 19.7. The lowest BCUT2D eigenvalue weighted by Gasteiger charge is -2.07. The molecule has 0 unspecified atom stereocenters. The number of aliphatic imine (C=N–C) groups is 1. The molecule has 0 N–H and O–H groups in total. The minimum absolute atomic E-state index is 0.119. The summed E-state index contributed by atoms with van der Waals surface area (Å²) in [4.78, 5) is 16.6. The Kier molecular flexibility index (Phi) is 4.52. The summed E-state index contributed by atoms with van der Waals surface area (Å²) in [6.45, 7) is 0.119. The molecule has 0 fully saturated rings. The minimum Gasteiger partial charge on any atom is -0.497 e. The van der Waals surface area contributed by atoms with Gasteiger partial charge in [0.2, 0.25) is 18.4 Å². The van der Waals surface area contributed by atoms with Crippen LogP contribution in [0.5, 0.6) is 28.7 Å². The number of nitrogens with zero attached hydrogens (tertiary/aromatic N) is 1. The maximum Gasteiger partial charge on any atom is 0.363 e. The van der Waals surface area contributed by atoms with Gasteiger partial charge in [-0.05, 0) is 35.9 Å². The number of fused-ring (bicyclic) bond motifs is 1. The predicted molar refractivity (Wildman–Crippen MR) is 99.3 cm³/mol. The molecule has 28 heavy (non-hydrogen) atoms. The predicted octanol–water partition coefficient (Wildman–Crippen LogP) is 2.79. The topological polar surface area (TPSA) is 84.8 Å². The average molecular weight is 383 g/mol. The fourth-order valence-electron chi connectivity index (χ4n) is 2.85. The van der Waals surface area contributed by atoms with Crippen molar-refractivity contribution in [3.05, 3.63) is 47.2 Å². The molecule has 0 radical (unpaired) electrons. The van der Waals surface area contributed by atoms with Crippen LogP contribution in [0.15, 0.2) is 41.0 Å². The van der Waals surface area contributed by atoms with Gasteiger partial charge in [0, 0.05) is 11.6 Å². The molecule has 0 amide bonds. The fourth-order valence-corrected chi connectivity index (χ4v) is 2.85. The van der Waals surface area contributed by atoms with Crippen LogP contribution in [0.1, 0.15) is 11.1 Å². The Morgan fingerprint density at radius 2 is 1.71 bits per heavy atom. The Bertz CT molecular complexity index is 988. The van der Waals surface area contributed by atoms with E-state index in [9.17, 15) is 4.79 Å². The molecule has 2 aliphatic rings. The second-order valence-corrected chi connectivity index (χ2v) is 5.89. The molecule has 0 bridgehead atoms. The quantitative estimate of drug-likeness (QED) is 0.580. The fraction of sp³-hybridized carbons (Fsp3) is 0.200. The number of carbonyl (C=O) groups is 1. The molecule has 2 heterocycles. The van der Waals surface area contributed by atoms with Crippen molar-refractivity contribution in [1.29, 1.82) is 0 Å². The van der Waals surface area contributed by atoms with Crippen LogP contribution in [-0.2, 0) is 9.53 Å². The molecule has 0 spiro atoms. The second kappa shape index (κ2) is 7.15. The van der Waals surface area contributed by atoms with Crippen LogP contribution in [0.2, 0.25) is 0 Å². The van der Waals surface area contributed by atoms with Crippen molar-refractivity contribution in [2.75, 3.05) is 28.1 Å². The number of ether oxygens (including phenoxy) is 6. The SMILES string of the molecule is COc1cc(OC)cc(C2=N/C(=C\c3cc(OC)c4c(c3)OCO4)C(=O)O2)c1. The molecule has 0 aromatic heterocycles. The summed E-state index contributed by atoms with van der Waals surface area (Å²) >= 11 is 0. The maximum absolute atomic E-state index is 12.3. The number of benzene rings is 2. The van der Waals surface area contributed by atoms with Crippen LogP contribution in [0.3, 0.4) is 0 Å².